The highest BCUT2D eigenvalue weighted by Gasteiger charge is 2.37. The molecule has 0 heterocycles. The first-order valence-electron chi connectivity index (χ1n) is 7.63. The molecular formula is C19H23N. The van der Waals surface area contributed by atoms with Crippen molar-refractivity contribution in [2.45, 2.75) is 32.2 Å². The average Bonchev–Trinajstić information content (AvgIpc) is 3.26. The Morgan fingerprint density at radius 2 is 1.60 bits per heavy atom. The molecule has 1 aliphatic rings. The normalized spacial score (nSPS) is 21.1. The van der Waals surface area contributed by atoms with E-state index >= 15 is 0 Å². The van der Waals surface area contributed by atoms with Gasteiger partial charge in [0.1, 0.15) is 0 Å². The van der Waals surface area contributed by atoms with Gasteiger partial charge < -0.3 is 5.32 Å². The first kappa shape index (κ1) is 13.4. The predicted molar refractivity (Wildman–Crippen MR) is 85.9 cm³/mol. The molecule has 0 aliphatic heterocycles. The minimum Gasteiger partial charge on any atom is -0.314 e. The highest BCUT2D eigenvalue weighted by molar-refractivity contribution is 5.63. The van der Waals surface area contributed by atoms with Gasteiger partial charge in [0.15, 0.2) is 0 Å². The van der Waals surface area contributed by atoms with Crippen LogP contribution >= 0.6 is 0 Å². The van der Waals surface area contributed by atoms with Gasteiger partial charge in [-0.3, -0.25) is 0 Å². The second kappa shape index (κ2) is 5.80. The van der Waals surface area contributed by atoms with E-state index in [1.165, 1.54) is 23.1 Å². The fourth-order valence-electron chi connectivity index (χ4n) is 2.82. The van der Waals surface area contributed by atoms with Crippen molar-refractivity contribution in [3.63, 3.8) is 0 Å². The Kier molecular flexibility index (Phi) is 3.88. The quantitative estimate of drug-likeness (QED) is 0.842. The van der Waals surface area contributed by atoms with Crippen LogP contribution in [0.25, 0.3) is 11.1 Å². The van der Waals surface area contributed by atoms with Crippen LogP contribution in [0.5, 0.6) is 0 Å². The van der Waals surface area contributed by atoms with Crippen LogP contribution in [0.3, 0.4) is 0 Å². The number of rotatable bonds is 5. The number of hydrogen-bond acceptors (Lipinski definition) is 1. The average molecular weight is 265 g/mol. The Balaban J connectivity index is 1.63. The Bertz CT molecular complexity index is 542. The van der Waals surface area contributed by atoms with Crippen LogP contribution in [0.2, 0.25) is 0 Å². The van der Waals surface area contributed by atoms with Gasteiger partial charge in [-0.15, -0.1) is 0 Å². The van der Waals surface area contributed by atoms with E-state index in [1.54, 1.807) is 0 Å². The van der Waals surface area contributed by atoms with E-state index in [0.29, 0.717) is 6.04 Å². The van der Waals surface area contributed by atoms with Crippen molar-refractivity contribution in [1.29, 1.82) is 0 Å². The molecule has 1 aliphatic carbocycles. The standard InChI is InChI=1S/C19H23N/c1-14(2)20-13-18-12-19(18)17-10-8-16(9-11-17)15-6-4-3-5-7-15/h3-11,14,18-20H,12-13H2,1-2H3. The number of hydrogen-bond donors (Lipinski definition) is 1. The van der Waals surface area contributed by atoms with E-state index in [-0.39, 0.29) is 0 Å². The molecule has 2 atom stereocenters. The van der Waals surface area contributed by atoms with Crippen molar-refractivity contribution < 1.29 is 0 Å². The zero-order valence-electron chi connectivity index (χ0n) is 12.3. The van der Waals surface area contributed by atoms with Gasteiger partial charge in [-0.05, 0) is 41.5 Å². The van der Waals surface area contributed by atoms with Crippen LogP contribution in [0.15, 0.2) is 54.6 Å². The molecule has 0 bridgehead atoms. The van der Waals surface area contributed by atoms with Crippen LogP contribution in [-0.4, -0.2) is 12.6 Å². The summed E-state index contributed by atoms with van der Waals surface area (Å²) in [6.07, 6.45) is 1.34. The molecule has 104 valence electrons. The molecule has 0 spiro atoms. The molecule has 0 saturated heterocycles. The van der Waals surface area contributed by atoms with Gasteiger partial charge in [0.2, 0.25) is 0 Å². The highest BCUT2D eigenvalue weighted by atomic mass is 14.9. The maximum absolute atomic E-state index is 3.54. The predicted octanol–water partition coefficient (Wildman–Crippen LogP) is 4.46. The van der Waals surface area contributed by atoms with Crippen molar-refractivity contribution >= 4 is 0 Å². The second-order valence-electron chi connectivity index (χ2n) is 6.15. The van der Waals surface area contributed by atoms with Gasteiger partial charge in [0, 0.05) is 6.04 Å². The Hall–Kier alpha value is -1.60. The molecule has 0 amide bonds. The summed E-state index contributed by atoms with van der Waals surface area (Å²) in [4.78, 5) is 0. The lowest BCUT2D eigenvalue weighted by Gasteiger charge is -2.08. The summed E-state index contributed by atoms with van der Waals surface area (Å²) in [6.45, 7) is 5.58. The van der Waals surface area contributed by atoms with Crippen molar-refractivity contribution in [2.24, 2.45) is 5.92 Å². The zero-order chi connectivity index (χ0) is 13.9. The first-order chi connectivity index (χ1) is 9.74. The third-order valence-electron chi connectivity index (χ3n) is 4.16. The number of nitrogens with one attached hydrogen (secondary N) is 1. The first-order valence-corrected chi connectivity index (χ1v) is 7.63. The van der Waals surface area contributed by atoms with Crippen molar-refractivity contribution in [3.05, 3.63) is 60.2 Å². The summed E-state index contributed by atoms with van der Waals surface area (Å²) < 4.78 is 0. The third-order valence-corrected chi connectivity index (χ3v) is 4.16. The maximum Gasteiger partial charge on any atom is 0.00104 e. The molecule has 1 N–H and O–H groups in total. The van der Waals surface area contributed by atoms with Gasteiger partial charge >= 0.3 is 0 Å². The van der Waals surface area contributed by atoms with E-state index in [2.05, 4.69) is 73.8 Å². The lowest BCUT2D eigenvalue weighted by molar-refractivity contribution is 0.554. The van der Waals surface area contributed by atoms with Crippen LogP contribution in [-0.2, 0) is 0 Å². The van der Waals surface area contributed by atoms with Gasteiger partial charge in [-0.2, -0.15) is 0 Å². The SMILES string of the molecule is CC(C)NCC1CC1c1ccc(-c2ccccc2)cc1. The molecule has 1 saturated carbocycles. The highest BCUT2D eigenvalue weighted by Crippen LogP contribution is 2.47. The Morgan fingerprint density at radius 3 is 2.25 bits per heavy atom. The molecule has 0 aromatic heterocycles. The summed E-state index contributed by atoms with van der Waals surface area (Å²) >= 11 is 0. The molecule has 20 heavy (non-hydrogen) atoms. The van der Waals surface area contributed by atoms with Gasteiger partial charge in [-0.1, -0.05) is 68.4 Å². The van der Waals surface area contributed by atoms with Crippen molar-refractivity contribution in [1.82, 2.24) is 5.32 Å². The van der Waals surface area contributed by atoms with Crippen LogP contribution in [0, 0.1) is 5.92 Å². The van der Waals surface area contributed by atoms with Crippen LogP contribution in [0.1, 0.15) is 31.7 Å². The molecule has 2 unspecified atom stereocenters. The summed E-state index contributed by atoms with van der Waals surface area (Å²) in [6, 6.07) is 20.3. The molecule has 2 aromatic rings. The van der Waals surface area contributed by atoms with E-state index in [4.69, 9.17) is 0 Å². The maximum atomic E-state index is 3.54. The zero-order valence-corrected chi connectivity index (χ0v) is 12.3. The second-order valence-corrected chi connectivity index (χ2v) is 6.15. The van der Waals surface area contributed by atoms with Crippen molar-refractivity contribution in [3.8, 4) is 11.1 Å². The van der Waals surface area contributed by atoms with Crippen LogP contribution < -0.4 is 5.32 Å². The minimum absolute atomic E-state index is 0.594. The summed E-state index contributed by atoms with van der Waals surface area (Å²) in [5, 5.41) is 3.54. The van der Waals surface area contributed by atoms with E-state index < -0.39 is 0 Å². The largest absolute Gasteiger partial charge is 0.314 e. The van der Waals surface area contributed by atoms with Crippen molar-refractivity contribution in [2.75, 3.05) is 6.54 Å². The Morgan fingerprint density at radius 1 is 0.950 bits per heavy atom. The molecule has 1 heteroatoms. The monoisotopic (exact) mass is 265 g/mol. The fraction of sp³-hybridized carbons (Fsp3) is 0.368. The topological polar surface area (TPSA) is 12.0 Å². The molecule has 1 fully saturated rings. The molecule has 1 nitrogen and oxygen atoms in total. The van der Waals surface area contributed by atoms with E-state index in [9.17, 15) is 0 Å². The van der Waals surface area contributed by atoms with Gasteiger partial charge in [0.25, 0.3) is 0 Å². The minimum atomic E-state index is 0.594. The van der Waals surface area contributed by atoms with E-state index in [0.717, 1.165) is 18.4 Å². The lowest BCUT2D eigenvalue weighted by Crippen LogP contribution is -2.25. The van der Waals surface area contributed by atoms with Gasteiger partial charge in [-0.25, -0.2) is 0 Å². The molecule has 0 radical (unpaired) electrons. The molecule has 2 aromatic carbocycles. The molecule has 3 rings (SSSR count). The summed E-state index contributed by atoms with van der Waals surface area (Å²) in [5.41, 5.74) is 4.11. The smallest absolute Gasteiger partial charge is 0.00104 e. The molecular weight excluding hydrogens is 242 g/mol. The fourth-order valence-corrected chi connectivity index (χ4v) is 2.82. The third kappa shape index (κ3) is 3.10. The Labute approximate surface area is 122 Å². The summed E-state index contributed by atoms with van der Waals surface area (Å²) in [7, 11) is 0. The van der Waals surface area contributed by atoms with Crippen LogP contribution in [0.4, 0.5) is 0 Å². The van der Waals surface area contributed by atoms with E-state index in [1.807, 2.05) is 0 Å². The number of benzene rings is 2. The summed E-state index contributed by atoms with van der Waals surface area (Å²) in [5.74, 6) is 1.60. The van der Waals surface area contributed by atoms with Gasteiger partial charge in [0.05, 0.1) is 0 Å². The lowest BCUT2D eigenvalue weighted by atomic mass is 10.0.